The molecule has 3 fully saturated rings. The molecule has 250 valence electrons. The Balaban J connectivity index is 1.48. The van der Waals surface area contributed by atoms with Gasteiger partial charge in [-0.25, -0.2) is 0 Å². The molecular formula is C36H42ClN3O7. The predicted molar refractivity (Wildman–Crippen MR) is 177 cm³/mol. The number of aliphatic hydroxyl groups excluding tert-OH is 1. The zero-order valence-corrected chi connectivity index (χ0v) is 27.6. The Morgan fingerprint density at radius 1 is 1.15 bits per heavy atom. The second-order valence-corrected chi connectivity index (χ2v) is 12.7. The van der Waals surface area contributed by atoms with Gasteiger partial charge >= 0.3 is 5.97 Å². The van der Waals surface area contributed by atoms with Crippen molar-refractivity contribution in [2.45, 2.75) is 62.5 Å². The molecule has 7 atom stereocenters. The SMILES string of the molecule is C=CCCC(=O)N(C)[C@H](C)[C@H](OC(=O)[C@@H]1[C@@H]2CC[C@]3(O2)[C@H](C(=O)N(CC=C)c2ccccc2Cl)N(CCO)C(=O)[C@@H]13)c1ccccc1. The predicted octanol–water partition coefficient (Wildman–Crippen LogP) is 4.32. The number of allylic oxidation sites excluding steroid dienone is 1. The highest BCUT2D eigenvalue weighted by Crippen LogP contribution is 2.59. The number of carbonyl (C=O) groups is 4. The fraction of sp³-hybridized carbons (Fsp3) is 0.444. The lowest BCUT2D eigenvalue weighted by molar-refractivity contribution is -0.164. The van der Waals surface area contributed by atoms with Gasteiger partial charge in [-0.05, 0) is 43.9 Å². The van der Waals surface area contributed by atoms with E-state index in [1.54, 1.807) is 48.4 Å². The Hall–Kier alpha value is -3.99. The number of esters is 1. The van der Waals surface area contributed by atoms with Crippen molar-refractivity contribution in [2.75, 3.05) is 31.6 Å². The molecule has 1 N–H and O–H groups in total. The Morgan fingerprint density at radius 3 is 2.51 bits per heavy atom. The van der Waals surface area contributed by atoms with Crippen LogP contribution >= 0.6 is 11.6 Å². The molecule has 0 aliphatic carbocycles. The minimum Gasteiger partial charge on any atom is -0.455 e. The van der Waals surface area contributed by atoms with Gasteiger partial charge < -0.3 is 29.3 Å². The van der Waals surface area contributed by atoms with Crippen molar-refractivity contribution in [3.05, 3.63) is 90.5 Å². The van der Waals surface area contributed by atoms with Gasteiger partial charge in [-0.3, -0.25) is 19.2 Å². The van der Waals surface area contributed by atoms with Crippen molar-refractivity contribution in [1.82, 2.24) is 9.80 Å². The smallest absolute Gasteiger partial charge is 0.313 e. The average Bonchev–Trinajstić information content (AvgIpc) is 3.72. The normalized spacial score (nSPS) is 25.5. The lowest BCUT2D eigenvalue weighted by atomic mass is 9.70. The number of β-amino-alcohol motifs (C(OH)–C–C–N with tert-alkyl or cyclic N) is 1. The maximum absolute atomic E-state index is 14.5. The molecule has 3 aliphatic rings. The van der Waals surface area contributed by atoms with Gasteiger partial charge in [-0.1, -0.05) is 66.2 Å². The van der Waals surface area contributed by atoms with Crippen LogP contribution in [0.2, 0.25) is 5.02 Å². The van der Waals surface area contributed by atoms with E-state index in [2.05, 4.69) is 13.2 Å². The quantitative estimate of drug-likeness (QED) is 0.236. The molecule has 0 saturated carbocycles. The van der Waals surface area contributed by atoms with Crippen molar-refractivity contribution < 1.29 is 33.8 Å². The third-order valence-corrected chi connectivity index (χ3v) is 10.1. The summed E-state index contributed by atoms with van der Waals surface area (Å²) in [7, 11) is 1.67. The molecule has 11 heteroatoms. The molecule has 10 nitrogen and oxygen atoms in total. The van der Waals surface area contributed by atoms with Crippen molar-refractivity contribution in [2.24, 2.45) is 11.8 Å². The Kier molecular flexibility index (Phi) is 10.5. The number of carbonyl (C=O) groups excluding carboxylic acids is 4. The second-order valence-electron chi connectivity index (χ2n) is 12.3. The van der Waals surface area contributed by atoms with Crippen LogP contribution in [0.25, 0.3) is 0 Å². The number of para-hydroxylation sites is 1. The Morgan fingerprint density at radius 2 is 1.85 bits per heavy atom. The van der Waals surface area contributed by atoms with Gasteiger partial charge in [-0.15, -0.1) is 13.2 Å². The molecule has 47 heavy (non-hydrogen) atoms. The van der Waals surface area contributed by atoms with Gasteiger partial charge in [0.25, 0.3) is 5.91 Å². The van der Waals surface area contributed by atoms with Crippen LogP contribution in [0.4, 0.5) is 5.69 Å². The summed E-state index contributed by atoms with van der Waals surface area (Å²) >= 11 is 6.51. The summed E-state index contributed by atoms with van der Waals surface area (Å²) in [6.45, 7) is 8.93. The minimum absolute atomic E-state index is 0.116. The van der Waals surface area contributed by atoms with E-state index >= 15 is 0 Å². The first-order chi connectivity index (χ1) is 22.6. The van der Waals surface area contributed by atoms with Crippen LogP contribution in [0.5, 0.6) is 0 Å². The lowest BCUT2D eigenvalue weighted by Gasteiger charge is -2.37. The van der Waals surface area contributed by atoms with E-state index in [9.17, 15) is 24.3 Å². The molecule has 0 aromatic heterocycles. The summed E-state index contributed by atoms with van der Waals surface area (Å²) in [6.07, 6.45) is 3.38. The molecule has 2 bridgehead atoms. The Labute approximate surface area is 280 Å². The van der Waals surface area contributed by atoms with E-state index in [0.717, 1.165) is 0 Å². The van der Waals surface area contributed by atoms with Crippen LogP contribution in [0.15, 0.2) is 79.9 Å². The molecule has 2 aromatic rings. The number of rotatable bonds is 14. The first-order valence-corrected chi connectivity index (χ1v) is 16.4. The molecule has 0 radical (unpaired) electrons. The standard InChI is InChI=1S/C36H42ClN3O7/c1-5-7-17-28(42)38(4)23(3)31(24-13-9-8-10-14-24)46-35(45)29-27-18-19-36(47-27)30(29)33(43)40(21-22-41)32(36)34(44)39(20-6-2)26-16-12-11-15-25(26)37/h5-6,8-16,23,27,29-32,41H,1-2,7,17-22H2,3-4H3/t23-,27+,29-,30-,31+,32+,36-/m1/s1. The van der Waals surface area contributed by atoms with Crippen LogP contribution in [-0.2, 0) is 28.7 Å². The number of likely N-dealkylation sites (N-methyl/N-ethyl adjacent to an activating group) is 1. The van der Waals surface area contributed by atoms with Crippen LogP contribution in [0.1, 0.15) is 44.3 Å². The van der Waals surface area contributed by atoms with E-state index in [4.69, 9.17) is 21.1 Å². The largest absolute Gasteiger partial charge is 0.455 e. The number of fused-ring (bicyclic) bond motifs is 1. The highest BCUT2D eigenvalue weighted by atomic mass is 35.5. The lowest BCUT2D eigenvalue weighted by Crippen LogP contribution is -2.57. The van der Waals surface area contributed by atoms with E-state index < -0.39 is 59.5 Å². The topological polar surface area (TPSA) is 117 Å². The maximum Gasteiger partial charge on any atom is 0.313 e. The summed E-state index contributed by atoms with van der Waals surface area (Å²) < 4.78 is 12.8. The second kappa shape index (κ2) is 14.4. The third-order valence-electron chi connectivity index (χ3n) is 9.74. The number of halogens is 1. The molecule has 3 heterocycles. The van der Waals surface area contributed by atoms with Gasteiger partial charge in [0, 0.05) is 26.6 Å². The van der Waals surface area contributed by atoms with Gasteiger partial charge in [-0.2, -0.15) is 0 Å². The monoisotopic (exact) mass is 663 g/mol. The van der Waals surface area contributed by atoms with Crippen LogP contribution < -0.4 is 4.90 Å². The summed E-state index contributed by atoms with van der Waals surface area (Å²) in [5.41, 5.74) is -0.155. The molecule has 5 rings (SSSR count). The van der Waals surface area contributed by atoms with Crippen molar-refractivity contribution in [1.29, 1.82) is 0 Å². The van der Waals surface area contributed by atoms with Gasteiger partial charge in [0.05, 0.1) is 41.3 Å². The van der Waals surface area contributed by atoms with Gasteiger partial charge in [0.1, 0.15) is 17.7 Å². The summed E-state index contributed by atoms with van der Waals surface area (Å²) in [6, 6.07) is 14.4. The number of nitrogens with zero attached hydrogens (tertiary/aromatic N) is 3. The molecule has 3 saturated heterocycles. The molecule has 3 amide bonds. The van der Waals surface area contributed by atoms with Crippen molar-refractivity contribution in [3.63, 3.8) is 0 Å². The minimum atomic E-state index is -1.30. The summed E-state index contributed by atoms with van der Waals surface area (Å²) in [5.74, 6) is -3.61. The summed E-state index contributed by atoms with van der Waals surface area (Å²) in [4.78, 5) is 60.3. The number of ether oxygens (including phenoxy) is 2. The zero-order valence-electron chi connectivity index (χ0n) is 26.8. The first kappa shape index (κ1) is 34.3. The highest BCUT2D eigenvalue weighted by Gasteiger charge is 2.75. The number of anilines is 1. The fourth-order valence-electron chi connectivity index (χ4n) is 7.43. The maximum atomic E-state index is 14.5. The number of aliphatic hydroxyl groups is 1. The average molecular weight is 664 g/mol. The Bertz CT molecular complexity index is 1520. The number of hydrogen-bond acceptors (Lipinski definition) is 7. The van der Waals surface area contributed by atoms with Crippen molar-refractivity contribution >= 4 is 41.0 Å². The van der Waals surface area contributed by atoms with Crippen LogP contribution in [0.3, 0.4) is 0 Å². The van der Waals surface area contributed by atoms with Gasteiger partial charge in [0.15, 0.2) is 0 Å². The number of amides is 3. The van der Waals surface area contributed by atoms with Gasteiger partial charge in [0.2, 0.25) is 11.8 Å². The molecular weight excluding hydrogens is 622 g/mol. The van der Waals surface area contributed by atoms with Crippen molar-refractivity contribution in [3.8, 4) is 0 Å². The molecule has 3 aliphatic heterocycles. The van der Waals surface area contributed by atoms with E-state index in [0.29, 0.717) is 35.5 Å². The zero-order chi connectivity index (χ0) is 33.9. The highest BCUT2D eigenvalue weighted by molar-refractivity contribution is 6.34. The van der Waals surface area contributed by atoms with Crippen LogP contribution in [-0.4, -0.2) is 89.1 Å². The first-order valence-electron chi connectivity index (χ1n) is 16.0. The number of hydrogen-bond donors (Lipinski definition) is 1. The third kappa shape index (κ3) is 6.22. The molecule has 1 spiro atoms. The fourth-order valence-corrected chi connectivity index (χ4v) is 7.66. The van der Waals surface area contributed by atoms with Crippen LogP contribution in [0, 0.1) is 11.8 Å². The molecule has 2 aromatic carbocycles. The molecule has 0 unspecified atom stereocenters. The van der Waals surface area contributed by atoms with E-state index in [1.807, 2.05) is 37.3 Å². The van der Waals surface area contributed by atoms with E-state index in [-0.39, 0.29) is 32.0 Å². The van der Waals surface area contributed by atoms with E-state index in [1.165, 1.54) is 9.80 Å². The summed E-state index contributed by atoms with van der Waals surface area (Å²) in [5, 5.41) is 10.3. The number of benzene rings is 2. The number of likely N-dealkylation sites (tertiary alicyclic amines) is 1.